The fourth-order valence-electron chi connectivity index (χ4n) is 2.73. The van der Waals surface area contributed by atoms with Crippen LogP contribution in [0.25, 0.3) is 0 Å². The molecule has 1 aliphatic rings. The second-order valence-electron chi connectivity index (χ2n) is 5.07. The van der Waals surface area contributed by atoms with Crippen molar-refractivity contribution in [3.05, 3.63) is 17.0 Å². The van der Waals surface area contributed by atoms with Crippen molar-refractivity contribution in [2.45, 2.75) is 64.3 Å². The zero-order valence-electron chi connectivity index (χ0n) is 11.7. The van der Waals surface area contributed by atoms with Gasteiger partial charge in [0.25, 0.3) is 0 Å². The summed E-state index contributed by atoms with van der Waals surface area (Å²) < 4.78 is 5.21. The first-order valence-corrected chi connectivity index (χ1v) is 8.04. The zero-order chi connectivity index (χ0) is 13.0. The summed E-state index contributed by atoms with van der Waals surface area (Å²) in [6.45, 7) is 7.17. The Morgan fingerprint density at radius 2 is 2.11 bits per heavy atom. The van der Waals surface area contributed by atoms with Gasteiger partial charge in [-0.15, -0.1) is 0 Å². The van der Waals surface area contributed by atoms with E-state index in [4.69, 9.17) is 4.52 Å². The minimum Gasteiger partial charge on any atom is -0.361 e. The lowest BCUT2D eigenvalue weighted by Gasteiger charge is -2.31. The molecule has 1 aromatic rings. The van der Waals surface area contributed by atoms with Crippen molar-refractivity contribution in [2.75, 3.05) is 5.75 Å². The van der Waals surface area contributed by atoms with Gasteiger partial charge < -0.3 is 9.84 Å². The van der Waals surface area contributed by atoms with Crippen molar-refractivity contribution in [3.8, 4) is 0 Å². The van der Waals surface area contributed by atoms with Crippen LogP contribution in [-0.4, -0.2) is 22.2 Å². The molecule has 0 bridgehead atoms. The van der Waals surface area contributed by atoms with E-state index in [0.29, 0.717) is 6.04 Å². The fraction of sp³-hybridized carbons (Fsp3) is 0.786. The highest BCUT2D eigenvalue weighted by Gasteiger charge is 2.25. The van der Waals surface area contributed by atoms with Crippen LogP contribution < -0.4 is 5.32 Å². The Morgan fingerprint density at radius 1 is 1.33 bits per heavy atom. The number of thioether (sulfide) groups is 1. The van der Waals surface area contributed by atoms with Gasteiger partial charge in [-0.2, -0.15) is 11.8 Å². The average molecular weight is 268 g/mol. The van der Waals surface area contributed by atoms with Crippen LogP contribution in [-0.2, 0) is 6.54 Å². The van der Waals surface area contributed by atoms with Gasteiger partial charge in [0.15, 0.2) is 0 Å². The Kier molecular flexibility index (Phi) is 5.13. The molecule has 1 N–H and O–H groups in total. The first-order chi connectivity index (χ1) is 8.72. The van der Waals surface area contributed by atoms with Gasteiger partial charge in [-0.3, -0.25) is 0 Å². The van der Waals surface area contributed by atoms with Gasteiger partial charge in [-0.25, -0.2) is 0 Å². The summed E-state index contributed by atoms with van der Waals surface area (Å²) in [6.07, 6.45) is 5.42. The zero-order valence-corrected chi connectivity index (χ0v) is 12.5. The van der Waals surface area contributed by atoms with Crippen LogP contribution in [0, 0.1) is 13.8 Å². The lowest BCUT2D eigenvalue weighted by atomic mass is 9.94. The highest BCUT2D eigenvalue weighted by molar-refractivity contribution is 7.99. The Hall–Kier alpha value is -0.480. The smallest absolute Gasteiger partial charge is 0.138 e. The molecule has 4 heteroatoms. The highest BCUT2D eigenvalue weighted by Crippen LogP contribution is 2.29. The van der Waals surface area contributed by atoms with Gasteiger partial charge in [0, 0.05) is 23.4 Å². The topological polar surface area (TPSA) is 38.1 Å². The lowest BCUT2D eigenvalue weighted by Crippen LogP contribution is -2.40. The highest BCUT2D eigenvalue weighted by atomic mass is 32.2. The van der Waals surface area contributed by atoms with E-state index in [9.17, 15) is 0 Å². The van der Waals surface area contributed by atoms with Gasteiger partial charge >= 0.3 is 0 Å². The van der Waals surface area contributed by atoms with Gasteiger partial charge in [0.05, 0.1) is 5.69 Å². The summed E-state index contributed by atoms with van der Waals surface area (Å²) in [5, 5.41) is 8.52. The van der Waals surface area contributed by atoms with Gasteiger partial charge in [0.2, 0.25) is 0 Å². The molecule has 0 aromatic carbocycles. The number of nitrogens with one attached hydrogen (secondary N) is 1. The molecular weight excluding hydrogens is 244 g/mol. The summed E-state index contributed by atoms with van der Waals surface area (Å²) in [4.78, 5) is 0. The first-order valence-electron chi connectivity index (χ1n) is 6.99. The van der Waals surface area contributed by atoms with E-state index >= 15 is 0 Å². The van der Waals surface area contributed by atoms with Crippen LogP contribution in [0.15, 0.2) is 4.52 Å². The molecule has 0 spiro atoms. The standard InChI is InChI=1S/C14H24N2OS/c1-4-18-14-8-6-5-7-13(14)15-9-12-10(2)16-17-11(12)3/h13-15H,4-9H2,1-3H3/t13-,14+/m0/s1. The lowest BCUT2D eigenvalue weighted by molar-refractivity contribution is 0.377. The third-order valence-electron chi connectivity index (χ3n) is 3.81. The Labute approximate surface area is 114 Å². The van der Waals surface area contributed by atoms with Crippen molar-refractivity contribution < 1.29 is 4.52 Å². The van der Waals surface area contributed by atoms with E-state index in [1.807, 2.05) is 13.8 Å². The van der Waals surface area contributed by atoms with E-state index in [2.05, 4.69) is 29.2 Å². The third kappa shape index (κ3) is 3.29. The molecule has 1 aromatic heterocycles. The number of nitrogens with zero attached hydrogens (tertiary/aromatic N) is 1. The maximum absolute atomic E-state index is 5.21. The van der Waals surface area contributed by atoms with Crippen molar-refractivity contribution in [1.29, 1.82) is 0 Å². The molecular formula is C14H24N2OS. The van der Waals surface area contributed by atoms with Crippen LogP contribution in [0.4, 0.5) is 0 Å². The molecule has 1 heterocycles. The first kappa shape index (κ1) is 13.9. The minimum absolute atomic E-state index is 0.650. The van der Waals surface area contributed by atoms with Crippen LogP contribution in [0.5, 0.6) is 0 Å². The maximum Gasteiger partial charge on any atom is 0.138 e. The number of aromatic nitrogens is 1. The normalized spacial score (nSPS) is 24.4. The predicted molar refractivity (Wildman–Crippen MR) is 77.0 cm³/mol. The van der Waals surface area contributed by atoms with E-state index in [0.717, 1.165) is 23.2 Å². The quantitative estimate of drug-likeness (QED) is 0.887. The number of rotatable bonds is 5. The van der Waals surface area contributed by atoms with Crippen molar-refractivity contribution in [2.24, 2.45) is 0 Å². The SMILES string of the molecule is CCS[C@@H]1CCCC[C@@H]1NCc1c(C)noc1C. The molecule has 3 nitrogen and oxygen atoms in total. The fourth-order valence-corrected chi connectivity index (χ4v) is 3.96. The monoisotopic (exact) mass is 268 g/mol. The second kappa shape index (κ2) is 6.62. The van der Waals surface area contributed by atoms with Gasteiger partial charge in [-0.1, -0.05) is 24.9 Å². The summed E-state index contributed by atoms with van der Waals surface area (Å²) in [5.41, 5.74) is 2.26. The van der Waals surface area contributed by atoms with Gasteiger partial charge in [-0.05, 0) is 32.4 Å². The van der Waals surface area contributed by atoms with Crippen molar-refractivity contribution >= 4 is 11.8 Å². The number of hydrogen-bond donors (Lipinski definition) is 1. The Morgan fingerprint density at radius 3 is 2.78 bits per heavy atom. The Balaban J connectivity index is 1.91. The van der Waals surface area contributed by atoms with E-state index < -0.39 is 0 Å². The predicted octanol–water partition coefficient (Wildman–Crippen LogP) is 3.45. The van der Waals surface area contributed by atoms with E-state index in [1.165, 1.54) is 37.0 Å². The molecule has 2 atom stereocenters. The number of hydrogen-bond acceptors (Lipinski definition) is 4. The van der Waals surface area contributed by atoms with Crippen LogP contribution in [0.3, 0.4) is 0 Å². The maximum atomic E-state index is 5.21. The van der Waals surface area contributed by atoms with E-state index in [1.54, 1.807) is 0 Å². The Bertz CT molecular complexity index is 356. The minimum atomic E-state index is 0.650. The molecule has 0 aliphatic heterocycles. The largest absolute Gasteiger partial charge is 0.361 e. The van der Waals surface area contributed by atoms with Crippen molar-refractivity contribution in [3.63, 3.8) is 0 Å². The summed E-state index contributed by atoms with van der Waals surface area (Å²) in [6, 6.07) is 0.650. The molecule has 0 radical (unpaired) electrons. The molecule has 1 saturated carbocycles. The molecule has 2 rings (SSSR count). The molecule has 1 fully saturated rings. The molecule has 18 heavy (non-hydrogen) atoms. The van der Waals surface area contributed by atoms with Gasteiger partial charge in [0.1, 0.15) is 5.76 Å². The molecule has 0 unspecified atom stereocenters. The number of aryl methyl sites for hydroxylation is 2. The molecule has 0 saturated heterocycles. The second-order valence-corrected chi connectivity index (χ2v) is 6.58. The van der Waals surface area contributed by atoms with Crippen molar-refractivity contribution in [1.82, 2.24) is 10.5 Å². The average Bonchev–Trinajstić information content (AvgIpc) is 2.69. The van der Waals surface area contributed by atoms with Crippen LogP contribution >= 0.6 is 11.8 Å². The summed E-state index contributed by atoms with van der Waals surface area (Å²) >= 11 is 2.10. The van der Waals surface area contributed by atoms with Crippen LogP contribution in [0.1, 0.15) is 49.6 Å². The summed E-state index contributed by atoms with van der Waals surface area (Å²) in [7, 11) is 0. The molecule has 102 valence electrons. The van der Waals surface area contributed by atoms with E-state index in [-0.39, 0.29) is 0 Å². The third-order valence-corrected chi connectivity index (χ3v) is 5.13. The molecule has 1 aliphatic carbocycles. The molecule has 0 amide bonds. The summed E-state index contributed by atoms with van der Waals surface area (Å²) in [5.74, 6) is 2.17. The van der Waals surface area contributed by atoms with Crippen LogP contribution in [0.2, 0.25) is 0 Å².